The van der Waals surface area contributed by atoms with Gasteiger partial charge in [0.05, 0.1) is 12.8 Å². The fourth-order valence-corrected chi connectivity index (χ4v) is 2.15. The number of amides is 1. The highest BCUT2D eigenvalue weighted by atomic mass is 19.1. The Morgan fingerprint density at radius 2 is 1.81 bits per heavy atom. The lowest BCUT2D eigenvalue weighted by Gasteiger charge is -2.30. The summed E-state index contributed by atoms with van der Waals surface area (Å²) in [6, 6.07) is 13.1. The second kappa shape index (κ2) is 5.83. The first-order chi connectivity index (χ1) is 9.99. The van der Waals surface area contributed by atoms with Crippen LogP contribution >= 0.6 is 0 Å². The number of para-hydroxylation sites is 2. The van der Waals surface area contributed by atoms with Gasteiger partial charge >= 0.3 is 0 Å². The number of halogens is 1. The molecule has 2 aromatic rings. The van der Waals surface area contributed by atoms with Crippen molar-refractivity contribution in [2.24, 2.45) is 5.73 Å². The first-order valence-corrected chi connectivity index (χ1v) is 6.45. The number of hydrogen-bond acceptors (Lipinski definition) is 3. The van der Waals surface area contributed by atoms with Crippen molar-refractivity contribution in [2.45, 2.75) is 12.5 Å². The van der Waals surface area contributed by atoms with Crippen LogP contribution in [0.5, 0.6) is 5.75 Å². The number of methoxy groups -OCH3 is 1. The maximum Gasteiger partial charge on any atom is 0.247 e. The number of primary amides is 1. The van der Waals surface area contributed by atoms with Crippen molar-refractivity contribution in [3.63, 3.8) is 0 Å². The van der Waals surface area contributed by atoms with Gasteiger partial charge in [0.15, 0.2) is 0 Å². The fraction of sp³-hybridized carbons (Fsp3) is 0.188. The summed E-state index contributed by atoms with van der Waals surface area (Å²) in [5, 5.41) is 2.88. The van der Waals surface area contributed by atoms with Crippen molar-refractivity contribution in [3.8, 4) is 5.75 Å². The molecule has 110 valence electrons. The molecule has 0 saturated heterocycles. The van der Waals surface area contributed by atoms with Crippen LogP contribution in [-0.2, 0) is 10.3 Å². The lowest BCUT2D eigenvalue weighted by Crippen LogP contribution is -2.45. The van der Waals surface area contributed by atoms with Gasteiger partial charge in [0.25, 0.3) is 0 Å². The van der Waals surface area contributed by atoms with Crippen LogP contribution in [0.4, 0.5) is 10.1 Å². The van der Waals surface area contributed by atoms with Gasteiger partial charge in [-0.05, 0) is 25.1 Å². The standard InChI is InChI=1S/C16H17FN2O2/c1-16(15(18)20,11-7-3-6-10-14(11)21-2)19-13-9-5-4-8-12(13)17/h3-10,19H,1-2H3,(H2,18,20). The highest BCUT2D eigenvalue weighted by Gasteiger charge is 2.36. The van der Waals surface area contributed by atoms with Crippen LogP contribution in [0.2, 0.25) is 0 Å². The third kappa shape index (κ3) is 2.81. The monoisotopic (exact) mass is 288 g/mol. The number of hydrogen-bond donors (Lipinski definition) is 2. The molecular formula is C16H17FN2O2. The molecule has 3 N–H and O–H groups in total. The molecule has 21 heavy (non-hydrogen) atoms. The van der Waals surface area contributed by atoms with Crippen LogP contribution in [0.25, 0.3) is 0 Å². The number of carbonyl (C=O) groups excluding carboxylic acids is 1. The van der Waals surface area contributed by atoms with E-state index < -0.39 is 17.3 Å². The summed E-state index contributed by atoms with van der Waals surface area (Å²) in [5.74, 6) is -0.585. The third-order valence-electron chi connectivity index (χ3n) is 3.40. The van der Waals surface area contributed by atoms with Gasteiger partial charge in [-0.3, -0.25) is 4.79 Å². The van der Waals surface area contributed by atoms with Crippen LogP contribution in [0, 0.1) is 5.82 Å². The minimum Gasteiger partial charge on any atom is -0.496 e. The molecule has 0 spiro atoms. The second-order valence-electron chi connectivity index (χ2n) is 4.79. The van der Waals surface area contributed by atoms with Gasteiger partial charge in [-0.15, -0.1) is 0 Å². The average Bonchev–Trinajstić information content (AvgIpc) is 2.49. The molecule has 0 aliphatic carbocycles. The first kappa shape index (κ1) is 14.8. The van der Waals surface area contributed by atoms with E-state index >= 15 is 0 Å². The Hall–Kier alpha value is -2.56. The smallest absolute Gasteiger partial charge is 0.247 e. The quantitative estimate of drug-likeness (QED) is 0.889. The zero-order valence-electron chi connectivity index (χ0n) is 11.9. The molecular weight excluding hydrogens is 271 g/mol. The summed E-state index contributed by atoms with van der Waals surface area (Å²) in [5.41, 5.74) is 4.99. The van der Waals surface area contributed by atoms with Gasteiger partial charge in [0.1, 0.15) is 17.1 Å². The van der Waals surface area contributed by atoms with E-state index in [1.54, 1.807) is 49.4 Å². The molecule has 1 atom stereocenters. The number of rotatable bonds is 5. The molecule has 0 radical (unpaired) electrons. The van der Waals surface area contributed by atoms with E-state index in [4.69, 9.17) is 10.5 Å². The van der Waals surface area contributed by atoms with Gasteiger partial charge in [-0.25, -0.2) is 4.39 Å². The summed E-state index contributed by atoms with van der Waals surface area (Å²) in [6.07, 6.45) is 0. The molecule has 0 fully saturated rings. The van der Waals surface area contributed by atoms with Crippen molar-refractivity contribution >= 4 is 11.6 Å². The SMILES string of the molecule is COc1ccccc1C(C)(Nc1ccccc1F)C(N)=O. The van der Waals surface area contributed by atoms with Crippen molar-refractivity contribution < 1.29 is 13.9 Å². The molecule has 5 heteroatoms. The normalized spacial score (nSPS) is 13.3. The van der Waals surface area contributed by atoms with Gasteiger partial charge in [-0.2, -0.15) is 0 Å². The minimum absolute atomic E-state index is 0.199. The number of ether oxygens (including phenoxy) is 1. The Bertz CT molecular complexity index is 660. The molecule has 0 aliphatic rings. The molecule has 4 nitrogen and oxygen atoms in total. The zero-order chi connectivity index (χ0) is 15.5. The highest BCUT2D eigenvalue weighted by Crippen LogP contribution is 2.33. The Morgan fingerprint density at radius 1 is 1.19 bits per heavy atom. The lowest BCUT2D eigenvalue weighted by atomic mass is 9.90. The minimum atomic E-state index is -1.30. The molecule has 0 saturated carbocycles. The summed E-state index contributed by atoms with van der Waals surface area (Å²) in [7, 11) is 1.50. The van der Waals surface area contributed by atoms with Crippen LogP contribution in [0.1, 0.15) is 12.5 Å². The second-order valence-corrected chi connectivity index (χ2v) is 4.79. The predicted molar refractivity (Wildman–Crippen MR) is 79.6 cm³/mol. The molecule has 0 aliphatic heterocycles. The van der Waals surface area contributed by atoms with Crippen molar-refractivity contribution in [2.75, 3.05) is 12.4 Å². The summed E-state index contributed by atoms with van der Waals surface area (Å²) in [4.78, 5) is 12.0. The molecule has 1 amide bonds. The van der Waals surface area contributed by atoms with Crippen molar-refractivity contribution in [3.05, 3.63) is 59.9 Å². The fourth-order valence-electron chi connectivity index (χ4n) is 2.15. The molecule has 1 unspecified atom stereocenters. The van der Waals surface area contributed by atoms with Crippen LogP contribution < -0.4 is 15.8 Å². The number of anilines is 1. The maximum atomic E-state index is 13.8. The van der Waals surface area contributed by atoms with Crippen LogP contribution in [0.15, 0.2) is 48.5 Å². The molecule has 2 aromatic carbocycles. The lowest BCUT2D eigenvalue weighted by molar-refractivity contribution is -0.122. The number of nitrogens with one attached hydrogen (secondary N) is 1. The predicted octanol–water partition coefficient (Wildman–Crippen LogP) is 2.65. The molecule has 2 rings (SSSR count). The van der Waals surface area contributed by atoms with E-state index in [1.165, 1.54) is 13.2 Å². The van der Waals surface area contributed by atoms with E-state index in [2.05, 4.69) is 5.32 Å². The number of nitrogens with two attached hydrogens (primary N) is 1. The maximum absolute atomic E-state index is 13.8. The van der Waals surface area contributed by atoms with Gasteiger partial charge in [-0.1, -0.05) is 30.3 Å². The summed E-state index contributed by atoms with van der Waals surface area (Å²) in [6.45, 7) is 1.60. The Labute approximate surface area is 122 Å². The number of carbonyl (C=O) groups is 1. The van der Waals surface area contributed by atoms with E-state index in [1.807, 2.05) is 0 Å². The number of benzene rings is 2. The van der Waals surface area contributed by atoms with E-state index in [0.29, 0.717) is 11.3 Å². The van der Waals surface area contributed by atoms with E-state index in [-0.39, 0.29) is 5.69 Å². The molecule has 0 heterocycles. The Kier molecular flexibility index (Phi) is 4.12. The van der Waals surface area contributed by atoms with Crippen molar-refractivity contribution in [1.82, 2.24) is 0 Å². The van der Waals surface area contributed by atoms with Gasteiger partial charge in [0, 0.05) is 5.56 Å². The Morgan fingerprint density at radius 3 is 2.43 bits per heavy atom. The van der Waals surface area contributed by atoms with E-state index in [9.17, 15) is 9.18 Å². The van der Waals surface area contributed by atoms with Gasteiger partial charge < -0.3 is 15.8 Å². The third-order valence-corrected chi connectivity index (χ3v) is 3.40. The molecule has 0 aromatic heterocycles. The average molecular weight is 288 g/mol. The molecule has 0 bridgehead atoms. The van der Waals surface area contributed by atoms with Crippen molar-refractivity contribution in [1.29, 1.82) is 0 Å². The Balaban J connectivity index is 2.51. The van der Waals surface area contributed by atoms with Crippen LogP contribution in [0.3, 0.4) is 0 Å². The highest BCUT2D eigenvalue weighted by molar-refractivity contribution is 5.89. The van der Waals surface area contributed by atoms with Crippen LogP contribution in [-0.4, -0.2) is 13.0 Å². The van der Waals surface area contributed by atoms with Gasteiger partial charge in [0.2, 0.25) is 5.91 Å². The summed E-state index contributed by atoms with van der Waals surface area (Å²) < 4.78 is 19.1. The van der Waals surface area contributed by atoms with E-state index in [0.717, 1.165) is 0 Å². The first-order valence-electron chi connectivity index (χ1n) is 6.45. The summed E-state index contributed by atoms with van der Waals surface area (Å²) >= 11 is 0. The zero-order valence-corrected chi connectivity index (χ0v) is 11.9. The topological polar surface area (TPSA) is 64.3 Å². The largest absolute Gasteiger partial charge is 0.496 e.